The molecule has 0 atom stereocenters. The molecule has 0 radical (unpaired) electrons. The lowest BCUT2D eigenvalue weighted by Gasteiger charge is -2.28. The number of hydrogen-bond acceptors (Lipinski definition) is 3. The minimum Gasteiger partial charge on any atom is -0.369 e. The van der Waals surface area contributed by atoms with E-state index in [1.807, 2.05) is 25.1 Å². The summed E-state index contributed by atoms with van der Waals surface area (Å²) < 4.78 is 22.5. The van der Waals surface area contributed by atoms with Gasteiger partial charge in [-0.15, -0.1) is 0 Å². The highest BCUT2D eigenvalue weighted by atomic mass is 32.2. The largest absolute Gasteiger partial charge is 0.369 e. The van der Waals surface area contributed by atoms with Gasteiger partial charge in [0, 0.05) is 18.8 Å². The van der Waals surface area contributed by atoms with Crippen molar-refractivity contribution in [3.63, 3.8) is 0 Å². The summed E-state index contributed by atoms with van der Waals surface area (Å²) in [4.78, 5) is 2.13. The molecule has 1 fully saturated rings. The Morgan fingerprint density at radius 3 is 2.47 bits per heavy atom. The van der Waals surface area contributed by atoms with Crippen LogP contribution in [0.3, 0.4) is 0 Å². The van der Waals surface area contributed by atoms with Gasteiger partial charge in [0.05, 0.1) is 11.5 Å². The maximum atomic E-state index is 11.3. The predicted molar refractivity (Wildman–Crippen MR) is 62.0 cm³/mol. The summed E-state index contributed by atoms with van der Waals surface area (Å²) in [6, 6.07) is 8.18. The van der Waals surface area contributed by atoms with Crippen LogP contribution in [-0.4, -0.2) is 33.0 Å². The fourth-order valence-electron chi connectivity index (χ4n) is 1.80. The lowest BCUT2D eigenvalue weighted by atomic mass is 10.2. The lowest BCUT2D eigenvalue weighted by Crippen LogP contribution is -2.40. The smallest absolute Gasteiger partial charge is 0.153 e. The Hall–Kier alpha value is -1.03. The Bertz CT molecular complexity index is 439. The maximum Gasteiger partial charge on any atom is 0.153 e. The molecule has 0 aromatic heterocycles. The van der Waals surface area contributed by atoms with E-state index >= 15 is 0 Å². The Balaban J connectivity index is 2.14. The number of hydrogen-bond donors (Lipinski definition) is 0. The van der Waals surface area contributed by atoms with E-state index in [2.05, 4.69) is 11.0 Å². The number of benzene rings is 1. The summed E-state index contributed by atoms with van der Waals surface area (Å²) in [7, 11) is -2.78. The normalized spacial score (nSPS) is 20.2. The van der Waals surface area contributed by atoms with Gasteiger partial charge in [-0.3, -0.25) is 0 Å². The summed E-state index contributed by atoms with van der Waals surface area (Å²) >= 11 is 0. The van der Waals surface area contributed by atoms with Crippen molar-refractivity contribution in [3.8, 4) is 0 Å². The highest BCUT2D eigenvalue weighted by Crippen LogP contribution is 2.18. The van der Waals surface area contributed by atoms with E-state index in [0.717, 1.165) is 5.69 Å². The molecule has 0 spiro atoms. The van der Waals surface area contributed by atoms with E-state index in [1.165, 1.54) is 5.56 Å². The molecule has 0 amide bonds. The molecular formula is C11H15NO2S. The van der Waals surface area contributed by atoms with Crippen LogP contribution in [0.4, 0.5) is 5.69 Å². The van der Waals surface area contributed by atoms with Crippen molar-refractivity contribution in [3.05, 3.63) is 29.8 Å². The molecule has 0 N–H and O–H groups in total. The van der Waals surface area contributed by atoms with Gasteiger partial charge < -0.3 is 4.90 Å². The van der Waals surface area contributed by atoms with Gasteiger partial charge in [0.1, 0.15) is 0 Å². The summed E-state index contributed by atoms with van der Waals surface area (Å²) in [6.07, 6.45) is 0. The van der Waals surface area contributed by atoms with Gasteiger partial charge in [-0.05, 0) is 24.6 Å². The van der Waals surface area contributed by atoms with Crippen LogP contribution in [0.15, 0.2) is 24.3 Å². The Kier molecular flexibility index (Phi) is 2.69. The average Bonchev–Trinajstić information content (AvgIpc) is 2.17. The molecule has 0 bridgehead atoms. The van der Waals surface area contributed by atoms with Crippen molar-refractivity contribution in [2.75, 3.05) is 29.5 Å². The van der Waals surface area contributed by atoms with Crippen molar-refractivity contribution in [1.29, 1.82) is 0 Å². The van der Waals surface area contributed by atoms with Crippen molar-refractivity contribution >= 4 is 15.5 Å². The molecular weight excluding hydrogens is 210 g/mol. The van der Waals surface area contributed by atoms with Crippen LogP contribution in [-0.2, 0) is 9.84 Å². The Morgan fingerprint density at radius 2 is 1.87 bits per heavy atom. The van der Waals surface area contributed by atoms with Gasteiger partial charge in [-0.2, -0.15) is 0 Å². The first-order valence-corrected chi connectivity index (χ1v) is 6.91. The molecule has 1 aromatic rings. The quantitative estimate of drug-likeness (QED) is 0.721. The van der Waals surface area contributed by atoms with Crippen LogP contribution in [0.5, 0.6) is 0 Å². The molecule has 1 aliphatic rings. The Labute approximate surface area is 90.6 Å². The van der Waals surface area contributed by atoms with E-state index in [9.17, 15) is 8.42 Å². The summed E-state index contributed by atoms with van der Waals surface area (Å²) in [5, 5.41) is 0. The first-order valence-electron chi connectivity index (χ1n) is 5.09. The fourth-order valence-corrected chi connectivity index (χ4v) is 3.00. The van der Waals surface area contributed by atoms with E-state index in [-0.39, 0.29) is 11.5 Å². The van der Waals surface area contributed by atoms with Crippen molar-refractivity contribution in [2.45, 2.75) is 6.92 Å². The number of sulfone groups is 1. The monoisotopic (exact) mass is 225 g/mol. The van der Waals surface area contributed by atoms with Gasteiger partial charge in [0.2, 0.25) is 0 Å². The third-order valence-corrected chi connectivity index (χ3v) is 4.32. The SMILES string of the molecule is Cc1cccc(N2CCS(=O)(=O)CC2)c1. The van der Waals surface area contributed by atoms with E-state index in [0.29, 0.717) is 13.1 Å². The maximum absolute atomic E-state index is 11.3. The van der Waals surface area contributed by atoms with Gasteiger partial charge in [0.25, 0.3) is 0 Å². The zero-order valence-electron chi connectivity index (χ0n) is 8.81. The number of nitrogens with zero attached hydrogens (tertiary/aromatic N) is 1. The first kappa shape index (κ1) is 10.5. The minimum atomic E-state index is -2.78. The molecule has 1 aliphatic heterocycles. The van der Waals surface area contributed by atoms with Crippen LogP contribution in [0, 0.1) is 6.92 Å². The molecule has 1 aromatic carbocycles. The summed E-state index contributed by atoms with van der Waals surface area (Å²) in [6.45, 7) is 3.28. The summed E-state index contributed by atoms with van der Waals surface area (Å²) in [5.74, 6) is 0.557. The van der Waals surface area contributed by atoms with Gasteiger partial charge in [-0.25, -0.2) is 8.42 Å². The second-order valence-corrected chi connectivity index (χ2v) is 6.28. The van der Waals surface area contributed by atoms with Crippen LogP contribution < -0.4 is 4.90 Å². The van der Waals surface area contributed by atoms with E-state index < -0.39 is 9.84 Å². The molecule has 0 unspecified atom stereocenters. The summed E-state index contributed by atoms with van der Waals surface area (Å²) in [5.41, 5.74) is 2.34. The lowest BCUT2D eigenvalue weighted by molar-refractivity contribution is 0.587. The topological polar surface area (TPSA) is 37.4 Å². The number of aryl methyl sites for hydroxylation is 1. The highest BCUT2D eigenvalue weighted by molar-refractivity contribution is 7.91. The standard InChI is InChI=1S/C11H15NO2S/c1-10-3-2-4-11(9-10)12-5-7-15(13,14)8-6-12/h2-4,9H,5-8H2,1H3. The molecule has 0 saturated carbocycles. The average molecular weight is 225 g/mol. The second-order valence-electron chi connectivity index (χ2n) is 3.98. The fraction of sp³-hybridized carbons (Fsp3) is 0.455. The molecule has 0 aliphatic carbocycles. The van der Waals surface area contributed by atoms with Crippen molar-refractivity contribution in [1.82, 2.24) is 0 Å². The molecule has 4 heteroatoms. The van der Waals surface area contributed by atoms with Crippen molar-refractivity contribution in [2.24, 2.45) is 0 Å². The molecule has 1 heterocycles. The second kappa shape index (κ2) is 3.85. The minimum absolute atomic E-state index is 0.279. The third kappa shape index (κ3) is 2.50. The zero-order chi connectivity index (χ0) is 10.9. The third-order valence-electron chi connectivity index (χ3n) is 2.71. The van der Waals surface area contributed by atoms with Crippen LogP contribution in [0.2, 0.25) is 0 Å². The van der Waals surface area contributed by atoms with E-state index in [1.54, 1.807) is 0 Å². The van der Waals surface area contributed by atoms with Crippen LogP contribution in [0.25, 0.3) is 0 Å². The van der Waals surface area contributed by atoms with Gasteiger partial charge >= 0.3 is 0 Å². The molecule has 15 heavy (non-hydrogen) atoms. The molecule has 1 saturated heterocycles. The number of rotatable bonds is 1. The molecule has 2 rings (SSSR count). The zero-order valence-corrected chi connectivity index (χ0v) is 9.63. The first-order chi connectivity index (χ1) is 7.07. The number of anilines is 1. The molecule has 82 valence electrons. The van der Waals surface area contributed by atoms with Crippen LogP contribution in [0.1, 0.15) is 5.56 Å². The van der Waals surface area contributed by atoms with Gasteiger partial charge in [-0.1, -0.05) is 12.1 Å². The van der Waals surface area contributed by atoms with Gasteiger partial charge in [0.15, 0.2) is 9.84 Å². The molecule has 3 nitrogen and oxygen atoms in total. The van der Waals surface area contributed by atoms with E-state index in [4.69, 9.17) is 0 Å². The van der Waals surface area contributed by atoms with Crippen LogP contribution >= 0.6 is 0 Å². The highest BCUT2D eigenvalue weighted by Gasteiger charge is 2.21. The predicted octanol–water partition coefficient (Wildman–Crippen LogP) is 1.23. The van der Waals surface area contributed by atoms with Crippen molar-refractivity contribution < 1.29 is 8.42 Å². The Morgan fingerprint density at radius 1 is 1.20 bits per heavy atom.